The number of carbonyl (C=O) groups is 3. The number of amides is 2. The van der Waals surface area contributed by atoms with Crippen molar-refractivity contribution in [1.82, 2.24) is 10.2 Å². The van der Waals surface area contributed by atoms with Gasteiger partial charge in [0.1, 0.15) is 12.6 Å². The van der Waals surface area contributed by atoms with Gasteiger partial charge in [0.15, 0.2) is 5.78 Å². The van der Waals surface area contributed by atoms with Crippen LogP contribution in [0.25, 0.3) is 0 Å². The predicted molar refractivity (Wildman–Crippen MR) is 133 cm³/mol. The second-order valence-corrected chi connectivity index (χ2v) is 10.6. The monoisotopic (exact) mass is 487 g/mol. The Morgan fingerprint density at radius 3 is 2.21 bits per heavy atom. The molecule has 0 fully saturated rings. The van der Waals surface area contributed by atoms with Gasteiger partial charge in [-0.05, 0) is 57.9 Å². The summed E-state index contributed by atoms with van der Waals surface area (Å²) in [6, 6.07) is 12.7. The van der Waals surface area contributed by atoms with Gasteiger partial charge in [-0.2, -0.15) is 0 Å². The van der Waals surface area contributed by atoms with E-state index >= 15 is 0 Å². The van der Waals surface area contributed by atoms with Gasteiger partial charge < -0.3 is 10.2 Å². The third kappa shape index (κ3) is 7.15. The van der Waals surface area contributed by atoms with Crippen molar-refractivity contribution in [3.05, 3.63) is 65.2 Å². The summed E-state index contributed by atoms with van der Waals surface area (Å²) in [7, 11) is -3.86. The summed E-state index contributed by atoms with van der Waals surface area (Å²) < 4.78 is 26.2. The van der Waals surface area contributed by atoms with E-state index < -0.39 is 28.5 Å². The van der Waals surface area contributed by atoms with Crippen molar-refractivity contribution in [3.8, 4) is 0 Å². The number of sulfonamides is 1. The molecule has 2 amide bonds. The zero-order chi connectivity index (χ0) is 25.6. The Bertz CT molecular complexity index is 1160. The third-order valence-electron chi connectivity index (χ3n) is 5.42. The van der Waals surface area contributed by atoms with Gasteiger partial charge in [-0.15, -0.1) is 0 Å². The van der Waals surface area contributed by atoms with Gasteiger partial charge in [0, 0.05) is 18.2 Å². The standard InChI is InChI=1S/C25H33N3O5S/c1-17(2)26-25(31)19(4)27(15-22-11-8-7-10-18(22)3)24(30)16-28(34(6,32)33)23-13-9-12-21(14-23)20(5)29/h7-14,17,19H,15-16H2,1-6H3,(H,26,31)/t19-/m1/s1. The summed E-state index contributed by atoms with van der Waals surface area (Å²) in [5, 5.41) is 2.81. The van der Waals surface area contributed by atoms with E-state index in [4.69, 9.17) is 0 Å². The Morgan fingerprint density at radius 1 is 1.00 bits per heavy atom. The Balaban J connectivity index is 2.44. The molecule has 8 nitrogen and oxygen atoms in total. The Morgan fingerprint density at radius 2 is 1.65 bits per heavy atom. The van der Waals surface area contributed by atoms with E-state index in [0.29, 0.717) is 5.56 Å². The molecule has 0 aliphatic heterocycles. The molecular formula is C25H33N3O5S. The largest absolute Gasteiger partial charge is 0.352 e. The zero-order valence-electron chi connectivity index (χ0n) is 20.5. The summed E-state index contributed by atoms with van der Waals surface area (Å²) in [6.45, 7) is 8.20. The molecule has 2 aromatic carbocycles. The number of carbonyl (C=O) groups excluding carboxylic acids is 3. The molecule has 0 aromatic heterocycles. The average molecular weight is 488 g/mol. The number of hydrogen-bond donors (Lipinski definition) is 1. The molecule has 0 aliphatic rings. The van der Waals surface area contributed by atoms with Crippen molar-refractivity contribution in [2.75, 3.05) is 17.1 Å². The topological polar surface area (TPSA) is 104 Å². The molecule has 34 heavy (non-hydrogen) atoms. The van der Waals surface area contributed by atoms with Crippen molar-refractivity contribution in [2.45, 2.75) is 53.2 Å². The first-order valence-electron chi connectivity index (χ1n) is 11.0. The number of hydrogen-bond acceptors (Lipinski definition) is 5. The molecule has 0 unspecified atom stereocenters. The smallest absolute Gasteiger partial charge is 0.244 e. The molecule has 0 spiro atoms. The van der Waals surface area contributed by atoms with Crippen LogP contribution in [-0.4, -0.2) is 55.8 Å². The number of nitrogens with zero attached hydrogens (tertiary/aromatic N) is 2. The third-order valence-corrected chi connectivity index (χ3v) is 6.56. The van der Waals surface area contributed by atoms with Crippen LogP contribution in [0.15, 0.2) is 48.5 Å². The number of benzene rings is 2. The average Bonchev–Trinajstić information content (AvgIpc) is 2.75. The zero-order valence-corrected chi connectivity index (χ0v) is 21.3. The van der Waals surface area contributed by atoms with Crippen LogP contribution >= 0.6 is 0 Å². The number of ketones is 1. The van der Waals surface area contributed by atoms with Crippen molar-refractivity contribution in [1.29, 1.82) is 0 Å². The van der Waals surface area contributed by atoms with E-state index in [2.05, 4.69) is 5.32 Å². The molecule has 0 saturated heterocycles. The highest BCUT2D eigenvalue weighted by Crippen LogP contribution is 2.21. The first-order valence-corrected chi connectivity index (χ1v) is 12.9. The lowest BCUT2D eigenvalue weighted by atomic mass is 10.1. The number of anilines is 1. The summed E-state index contributed by atoms with van der Waals surface area (Å²) >= 11 is 0. The molecular weight excluding hydrogens is 454 g/mol. The lowest BCUT2D eigenvalue weighted by Crippen LogP contribution is -2.52. The molecule has 9 heteroatoms. The molecule has 1 atom stereocenters. The van der Waals surface area contributed by atoms with Gasteiger partial charge in [0.25, 0.3) is 0 Å². The maximum absolute atomic E-state index is 13.5. The minimum atomic E-state index is -3.86. The second kappa shape index (κ2) is 11.3. The molecule has 0 saturated carbocycles. The van der Waals surface area contributed by atoms with Crippen LogP contribution in [0.5, 0.6) is 0 Å². The van der Waals surface area contributed by atoms with Crippen LogP contribution in [0.1, 0.15) is 49.2 Å². The van der Waals surface area contributed by atoms with Crippen molar-refractivity contribution in [3.63, 3.8) is 0 Å². The van der Waals surface area contributed by atoms with Crippen LogP contribution in [0.3, 0.4) is 0 Å². The fourth-order valence-corrected chi connectivity index (χ4v) is 4.29. The van der Waals surface area contributed by atoms with Gasteiger partial charge in [-0.3, -0.25) is 18.7 Å². The first-order chi connectivity index (χ1) is 15.8. The minimum Gasteiger partial charge on any atom is -0.352 e. The van der Waals surface area contributed by atoms with Gasteiger partial charge >= 0.3 is 0 Å². The van der Waals surface area contributed by atoms with E-state index in [1.54, 1.807) is 19.1 Å². The quantitative estimate of drug-likeness (QED) is 0.519. The number of rotatable bonds is 10. The number of nitrogens with one attached hydrogen (secondary N) is 1. The highest BCUT2D eigenvalue weighted by atomic mass is 32.2. The minimum absolute atomic E-state index is 0.118. The van der Waals surface area contributed by atoms with Gasteiger partial charge in [0.2, 0.25) is 21.8 Å². The summed E-state index contributed by atoms with van der Waals surface area (Å²) in [5.41, 5.74) is 2.34. The molecule has 2 rings (SSSR count). The fourth-order valence-electron chi connectivity index (χ4n) is 3.45. The molecule has 0 aliphatic carbocycles. The maximum atomic E-state index is 13.5. The van der Waals surface area contributed by atoms with Gasteiger partial charge in [0.05, 0.1) is 11.9 Å². The van der Waals surface area contributed by atoms with E-state index in [1.165, 1.54) is 24.0 Å². The molecule has 0 bridgehead atoms. The Labute approximate surface area is 202 Å². The van der Waals surface area contributed by atoms with Crippen molar-refractivity contribution >= 4 is 33.3 Å². The first kappa shape index (κ1) is 27.0. The van der Waals surface area contributed by atoms with Crippen LogP contribution in [-0.2, 0) is 26.2 Å². The summed E-state index contributed by atoms with van der Waals surface area (Å²) in [4.78, 5) is 39.5. The van der Waals surface area contributed by atoms with Crippen LogP contribution in [0, 0.1) is 6.92 Å². The van der Waals surface area contributed by atoms with Crippen LogP contribution in [0.4, 0.5) is 5.69 Å². The summed E-state index contributed by atoms with van der Waals surface area (Å²) in [6.07, 6.45) is 1.00. The highest BCUT2D eigenvalue weighted by molar-refractivity contribution is 7.92. The molecule has 0 heterocycles. The lowest BCUT2D eigenvalue weighted by Gasteiger charge is -2.32. The van der Waals surface area contributed by atoms with E-state index in [9.17, 15) is 22.8 Å². The van der Waals surface area contributed by atoms with Crippen LogP contribution < -0.4 is 9.62 Å². The van der Waals surface area contributed by atoms with Crippen LogP contribution in [0.2, 0.25) is 0 Å². The highest BCUT2D eigenvalue weighted by Gasteiger charge is 2.30. The molecule has 0 radical (unpaired) electrons. The molecule has 184 valence electrons. The summed E-state index contributed by atoms with van der Waals surface area (Å²) in [5.74, 6) is -1.09. The van der Waals surface area contributed by atoms with Crippen molar-refractivity contribution in [2.24, 2.45) is 0 Å². The van der Waals surface area contributed by atoms with Gasteiger partial charge in [-0.1, -0.05) is 36.4 Å². The van der Waals surface area contributed by atoms with Crippen molar-refractivity contribution < 1.29 is 22.8 Å². The maximum Gasteiger partial charge on any atom is 0.244 e. The predicted octanol–water partition coefficient (Wildman–Crippen LogP) is 2.91. The molecule has 2 aromatic rings. The van der Waals surface area contributed by atoms with E-state index in [-0.39, 0.29) is 30.0 Å². The number of Topliss-reactive ketones (excluding diaryl/α,β-unsaturated/α-hetero) is 1. The normalized spacial score (nSPS) is 12.2. The lowest BCUT2D eigenvalue weighted by molar-refractivity contribution is -0.139. The second-order valence-electron chi connectivity index (χ2n) is 8.66. The SMILES string of the molecule is CC(=O)c1cccc(N(CC(=O)N(Cc2ccccc2C)[C@H](C)C(=O)NC(C)C)S(C)(=O)=O)c1. The Hall–Kier alpha value is -3.20. The van der Waals surface area contributed by atoms with E-state index in [0.717, 1.165) is 21.7 Å². The Kier molecular flexibility index (Phi) is 8.98. The number of aryl methyl sites for hydroxylation is 1. The molecule has 1 N–H and O–H groups in total. The van der Waals surface area contributed by atoms with E-state index in [1.807, 2.05) is 45.0 Å². The van der Waals surface area contributed by atoms with Gasteiger partial charge in [-0.25, -0.2) is 8.42 Å². The fraction of sp³-hybridized carbons (Fsp3) is 0.400.